The van der Waals surface area contributed by atoms with Gasteiger partial charge in [0, 0.05) is 24.3 Å². The van der Waals surface area contributed by atoms with Crippen molar-refractivity contribution in [2.45, 2.75) is 6.10 Å². The fourth-order valence-corrected chi connectivity index (χ4v) is 2.99. The third-order valence-corrected chi connectivity index (χ3v) is 4.35. The lowest BCUT2D eigenvalue weighted by Crippen LogP contribution is -2.46. The zero-order chi connectivity index (χ0) is 17.2. The summed E-state index contributed by atoms with van der Waals surface area (Å²) in [5.41, 5.74) is 3.58. The normalized spacial score (nSPS) is 18.4. The van der Waals surface area contributed by atoms with Crippen molar-refractivity contribution >= 4 is 22.6 Å². The van der Waals surface area contributed by atoms with E-state index in [1.165, 1.54) is 0 Å². The average Bonchev–Trinajstić information content (AvgIpc) is 3.06. The maximum atomic E-state index is 12.4. The summed E-state index contributed by atoms with van der Waals surface area (Å²) >= 11 is 0. The quantitative estimate of drug-likeness (QED) is 0.771. The third kappa shape index (κ3) is 3.40. The van der Waals surface area contributed by atoms with Crippen molar-refractivity contribution in [3.05, 3.63) is 48.5 Å². The average molecular weight is 336 g/mol. The molecule has 0 aliphatic carbocycles. The van der Waals surface area contributed by atoms with E-state index in [1.54, 1.807) is 0 Å². The van der Waals surface area contributed by atoms with Gasteiger partial charge in [-0.2, -0.15) is 0 Å². The number of anilines is 1. The number of H-pyrrole nitrogens is 1. The highest BCUT2D eigenvalue weighted by atomic mass is 16.5. The molecule has 1 amide bonds. The molecule has 2 aromatic carbocycles. The Hall–Kier alpha value is -2.70. The van der Waals surface area contributed by atoms with Crippen molar-refractivity contribution in [1.82, 2.24) is 14.9 Å². The molecule has 0 bridgehead atoms. The van der Waals surface area contributed by atoms with E-state index in [0.717, 1.165) is 34.7 Å². The first-order chi connectivity index (χ1) is 12.2. The Morgan fingerprint density at radius 3 is 3.00 bits per heavy atom. The van der Waals surface area contributed by atoms with Crippen molar-refractivity contribution in [1.29, 1.82) is 0 Å². The van der Waals surface area contributed by atoms with Crippen LogP contribution in [0.15, 0.2) is 48.5 Å². The molecule has 0 radical (unpaired) electrons. The molecular weight excluding hydrogens is 316 g/mol. The number of rotatable bonds is 3. The number of likely N-dealkylation sites (N-methyl/N-ethyl adjacent to an activating group) is 1. The van der Waals surface area contributed by atoms with E-state index in [1.807, 2.05) is 55.6 Å². The fraction of sp³-hybridized carbons (Fsp3) is 0.263. The molecule has 0 spiro atoms. The Labute approximate surface area is 145 Å². The van der Waals surface area contributed by atoms with E-state index in [2.05, 4.69) is 20.2 Å². The molecule has 1 aliphatic heterocycles. The molecule has 1 aromatic heterocycles. The molecule has 3 aromatic rings. The maximum absolute atomic E-state index is 12.4. The van der Waals surface area contributed by atoms with Crippen LogP contribution in [0.3, 0.4) is 0 Å². The lowest BCUT2D eigenvalue weighted by atomic mass is 10.2. The number of aromatic nitrogens is 2. The number of amides is 1. The molecule has 1 atom stereocenters. The Morgan fingerprint density at radius 1 is 1.28 bits per heavy atom. The number of nitrogens with zero attached hydrogens (tertiary/aromatic N) is 2. The van der Waals surface area contributed by atoms with E-state index in [-0.39, 0.29) is 5.91 Å². The minimum atomic E-state index is -0.436. The number of aromatic amines is 1. The predicted octanol–water partition coefficient (Wildman–Crippen LogP) is 2.50. The second kappa shape index (κ2) is 6.66. The minimum absolute atomic E-state index is 0.117. The zero-order valence-corrected chi connectivity index (χ0v) is 14.0. The number of imidazole rings is 1. The number of fused-ring (bicyclic) bond motifs is 1. The summed E-state index contributed by atoms with van der Waals surface area (Å²) in [5, 5.41) is 2.94. The van der Waals surface area contributed by atoms with Crippen molar-refractivity contribution in [2.24, 2.45) is 0 Å². The number of benzene rings is 2. The van der Waals surface area contributed by atoms with Crippen LogP contribution in [-0.4, -0.2) is 53.6 Å². The van der Waals surface area contributed by atoms with Crippen LogP contribution in [0.1, 0.15) is 0 Å². The molecular formula is C19H20N4O2. The summed E-state index contributed by atoms with van der Waals surface area (Å²) in [6, 6.07) is 15.6. The lowest BCUT2D eigenvalue weighted by molar-refractivity contribution is -0.132. The minimum Gasteiger partial charge on any atom is -0.366 e. The van der Waals surface area contributed by atoms with Crippen LogP contribution in [0, 0.1) is 0 Å². The highest BCUT2D eigenvalue weighted by molar-refractivity contribution is 5.95. The Bertz CT molecular complexity index is 872. The smallest absolute Gasteiger partial charge is 0.254 e. The van der Waals surface area contributed by atoms with Gasteiger partial charge in [0.15, 0.2) is 0 Å². The van der Waals surface area contributed by atoms with E-state index < -0.39 is 6.10 Å². The van der Waals surface area contributed by atoms with Gasteiger partial charge >= 0.3 is 0 Å². The van der Waals surface area contributed by atoms with Gasteiger partial charge in [-0.3, -0.25) is 4.79 Å². The third-order valence-electron chi connectivity index (χ3n) is 4.35. The van der Waals surface area contributed by atoms with Gasteiger partial charge < -0.3 is 19.9 Å². The number of ether oxygens (including phenoxy) is 1. The van der Waals surface area contributed by atoms with Gasteiger partial charge in [0.05, 0.1) is 17.6 Å². The van der Waals surface area contributed by atoms with Crippen molar-refractivity contribution in [3.8, 4) is 11.4 Å². The van der Waals surface area contributed by atoms with Crippen LogP contribution in [0.25, 0.3) is 22.4 Å². The summed E-state index contributed by atoms with van der Waals surface area (Å²) in [6.45, 7) is 2.04. The number of para-hydroxylation sites is 2. The summed E-state index contributed by atoms with van der Waals surface area (Å²) in [7, 11) is 1.99. The van der Waals surface area contributed by atoms with Gasteiger partial charge in [-0.1, -0.05) is 24.3 Å². The number of carbonyl (C=O) groups excluding carboxylic acids is 1. The number of hydrogen-bond donors (Lipinski definition) is 2. The van der Waals surface area contributed by atoms with Crippen molar-refractivity contribution in [3.63, 3.8) is 0 Å². The van der Waals surface area contributed by atoms with Crippen molar-refractivity contribution in [2.75, 3.05) is 32.1 Å². The van der Waals surface area contributed by atoms with E-state index in [0.29, 0.717) is 13.2 Å². The van der Waals surface area contributed by atoms with E-state index >= 15 is 0 Å². The Balaban J connectivity index is 1.54. The fourth-order valence-electron chi connectivity index (χ4n) is 2.99. The summed E-state index contributed by atoms with van der Waals surface area (Å²) in [5.74, 6) is 0.666. The molecule has 1 saturated heterocycles. The standard InChI is InChI=1S/C19H20N4O2/c1-23-9-10-25-17(12-23)19(24)20-14-6-4-5-13(11-14)18-21-15-7-2-3-8-16(15)22-18/h2-8,11,17H,9-10,12H2,1H3,(H,20,24)(H,21,22). The van der Waals surface area contributed by atoms with Crippen LogP contribution in [-0.2, 0) is 9.53 Å². The molecule has 4 rings (SSSR count). The molecule has 0 saturated carbocycles. The SMILES string of the molecule is CN1CCOC(C(=O)Nc2cccc(-c3nc4ccccc4[nH]3)c2)C1. The molecule has 128 valence electrons. The van der Waals surface area contributed by atoms with Crippen LogP contribution >= 0.6 is 0 Å². The first-order valence-electron chi connectivity index (χ1n) is 8.35. The summed E-state index contributed by atoms with van der Waals surface area (Å²) in [4.78, 5) is 22.4. The van der Waals surface area contributed by atoms with Gasteiger partial charge in [0.2, 0.25) is 0 Å². The number of carbonyl (C=O) groups is 1. The zero-order valence-electron chi connectivity index (χ0n) is 14.0. The van der Waals surface area contributed by atoms with Crippen LogP contribution in [0.5, 0.6) is 0 Å². The molecule has 1 aliphatic rings. The van der Waals surface area contributed by atoms with Gasteiger partial charge in [-0.05, 0) is 31.3 Å². The van der Waals surface area contributed by atoms with Crippen LogP contribution in [0.4, 0.5) is 5.69 Å². The van der Waals surface area contributed by atoms with Gasteiger partial charge in [0.1, 0.15) is 11.9 Å². The number of morpholine rings is 1. The molecule has 6 heteroatoms. The summed E-state index contributed by atoms with van der Waals surface area (Å²) < 4.78 is 5.56. The van der Waals surface area contributed by atoms with Gasteiger partial charge in [0.25, 0.3) is 5.91 Å². The lowest BCUT2D eigenvalue weighted by Gasteiger charge is -2.29. The molecule has 2 heterocycles. The molecule has 25 heavy (non-hydrogen) atoms. The Kier molecular flexibility index (Phi) is 4.21. The second-order valence-corrected chi connectivity index (χ2v) is 6.29. The first-order valence-corrected chi connectivity index (χ1v) is 8.35. The number of hydrogen-bond acceptors (Lipinski definition) is 4. The maximum Gasteiger partial charge on any atom is 0.254 e. The topological polar surface area (TPSA) is 70.2 Å². The van der Waals surface area contributed by atoms with Crippen LogP contribution in [0.2, 0.25) is 0 Å². The van der Waals surface area contributed by atoms with Gasteiger partial charge in [-0.15, -0.1) is 0 Å². The highest BCUT2D eigenvalue weighted by Crippen LogP contribution is 2.23. The molecule has 1 fully saturated rings. The molecule has 2 N–H and O–H groups in total. The second-order valence-electron chi connectivity index (χ2n) is 6.29. The largest absolute Gasteiger partial charge is 0.366 e. The highest BCUT2D eigenvalue weighted by Gasteiger charge is 2.24. The molecule has 6 nitrogen and oxygen atoms in total. The van der Waals surface area contributed by atoms with Crippen molar-refractivity contribution < 1.29 is 9.53 Å². The summed E-state index contributed by atoms with van der Waals surface area (Å²) in [6.07, 6.45) is -0.436. The van der Waals surface area contributed by atoms with E-state index in [9.17, 15) is 4.79 Å². The Morgan fingerprint density at radius 2 is 2.16 bits per heavy atom. The van der Waals surface area contributed by atoms with Crippen LogP contribution < -0.4 is 5.32 Å². The van der Waals surface area contributed by atoms with E-state index in [4.69, 9.17) is 4.74 Å². The van der Waals surface area contributed by atoms with Gasteiger partial charge in [-0.25, -0.2) is 4.98 Å². The number of nitrogens with one attached hydrogen (secondary N) is 2. The predicted molar refractivity (Wildman–Crippen MR) is 97.4 cm³/mol. The monoisotopic (exact) mass is 336 g/mol. The first kappa shape index (κ1) is 15.8. The molecule has 1 unspecified atom stereocenters.